The van der Waals surface area contributed by atoms with E-state index in [0.717, 1.165) is 0 Å². The monoisotopic (exact) mass is 208 g/mol. The van der Waals surface area contributed by atoms with Crippen LogP contribution in [0.2, 0.25) is 0 Å². The number of benzene rings is 1. The van der Waals surface area contributed by atoms with Crippen molar-refractivity contribution in [1.29, 1.82) is 0 Å². The summed E-state index contributed by atoms with van der Waals surface area (Å²) in [4.78, 5) is 11.0. The van der Waals surface area contributed by atoms with Crippen LogP contribution < -0.4 is 4.74 Å². The summed E-state index contributed by atoms with van der Waals surface area (Å²) in [5, 5.41) is 9.00. The van der Waals surface area contributed by atoms with Crippen molar-refractivity contribution >= 4 is 5.97 Å². The molecule has 15 heavy (non-hydrogen) atoms. The summed E-state index contributed by atoms with van der Waals surface area (Å²) in [5.74, 6) is -0.172. The SMILES string of the molecule is O=C(O)C1(COc2ccccc2)COC1. The zero-order valence-electron chi connectivity index (χ0n) is 8.18. The van der Waals surface area contributed by atoms with Gasteiger partial charge in [0.05, 0.1) is 13.2 Å². The predicted octanol–water partition coefficient (Wildman–Crippen LogP) is 1.17. The van der Waals surface area contributed by atoms with Gasteiger partial charge in [0.1, 0.15) is 17.8 Å². The van der Waals surface area contributed by atoms with Crippen LogP contribution in [0.1, 0.15) is 0 Å². The van der Waals surface area contributed by atoms with Gasteiger partial charge in [-0.3, -0.25) is 4.79 Å². The summed E-state index contributed by atoms with van der Waals surface area (Å²) in [6.07, 6.45) is 0. The Morgan fingerprint density at radius 2 is 2.07 bits per heavy atom. The number of aliphatic carboxylic acids is 1. The second kappa shape index (κ2) is 3.90. The molecule has 0 aliphatic carbocycles. The first-order valence-electron chi connectivity index (χ1n) is 4.72. The molecular formula is C11H12O4. The number of ether oxygens (including phenoxy) is 2. The number of carboxylic acid groups (broad SMARTS) is 1. The van der Waals surface area contributed by atoms with Gasteiger partial charge in [0.25, 0.3) is 0 Å². The molecule has 4 nitrogen and oxygen atoms in total. The molecule has 1 heterocycles. The van der Waals surface area contributed by atoms with Crippen LogP contribution in [0.15, 0.2) is 30.3 Å². The summed E-state index contributed by atoms with van der Waals surface area (Å²) in [6, 6.07) is 9.18. The summed E-state index contributed by atoms with van der Waals surface area (Å²) in [5.41, 5.74) is -0.851. The fourth-order valence-corrected chi connectivity index (χ4v) is 1.36. The third-order valence-corrected chi connectivity index (χ3v) is 2.47. The quantitative estimate of drug-likeness (QED) is 0.806. The summed E-state index contributed by atoms with van der Waals surface area (Å²) in [6.45, 7) is 0.622. The van der Waals surface area contributed by atoms with Gasteiger partial charge in [0, 0.05) is 0 Å². The van der Waals surface area contributed by atoms with Gasteiger partial charge in [0.15, 0.2) is 0 Å². The average molecular weight is 208 g/mol. The molecule has 1 aliphatic rings. The molecule has 0 atom stereocenters. The second-order valence-electron chi connectivity index (χ2n) is 3.68. The van der Waals surface area contributed by atoms with E-state index in [9.17, 15) is 4.79 Å². The molecule has 1 aromatic rings. The second-order valence-corrected chi connectivity index (χ2v) is 3.68. The lowest BCUT2D eigenvalue weighted by atomic mass is 9.87. The molecule has 80 valence electrons. The van der Waals surface area contributed by atoms with Gasteiger partial charge in [-0.2, -0.15) is 0 Å². The van der Waals surface area contributed by atoms with Crippen molar-refractivity contribution in [3.8, 4) is 5.75 Å². The molecule has 0 spiro atoms. The molecule has 0 saturated carbocycles. The molecule has 2 rings (SSSR count). The van der Waals surface area contributed by atoms with E-state index in [4.69, 9.17) is 14.6 Å². The topological polar surface area (TPSA) is 55.8 Å². The Morgan fingerprint density at radius 1 is 1.40 bits per heavy atom. The molecule has 0 bridgehead atoms. The Bertz CT molecular complexity index is 343. The van der Waals surface area contributed by atoms with Crippen molar-refractivity contribution in [2.24, 2.45) is 5.41 Å². The number of para-hydroxylation sites is 1. The zero-order valence-corrected chi connectivity index (χ0v) is 8.18. The standard InChI is InChI=1S/C11H12O4/c12-10(13)11(6-14-7-11)8-15-9-4-2-1-3-5-9/h1-5H,6-8H2,(H,12,13). The number of rotatable bonds is 4. The van der Waals surface area contributed by atoms with Gasteiger partial charge in [-0.1, -0.05) is 18.2 Å². The van der Waals surface area contributed by atoms with Gasteiger partial charge in [-0.15, -0.1) is 0 Å². The van der Waals surface area contributed by atoms with Crippen LogP contribution >= 0.6 is 0 Å². The fraction of sp³-hybridized carbons (Fsp3) is 0.364. The Morgan fingerprint density at radius 3 is 2.53 bits per heavy atom. The van der Waals surface area contributed by atoms with E-state index >= 15 is 0 Å². The molecule has 0 aromatic heterocycles. The van der Waals surface area contributed by atoms with Crippen LogP contribution in [0.5, 0.6) is 5.75 Å². The smallest absolute Gasteiger partial charge is 0.317 e. The third-order valence-electron chi connectivity index (χ3n) is 2.47. The van der Waals surface area contributed by atoms with Crippen molar-refractivity contribution in [3.63, 3.8) is 0 Å². The summed E-state index contributed by atoms with van der Waals surface area (Å²) < 4.78 is 10.3. The van der Waals surface area contributed by atoms with E-state index in [1.165, 1.54) is 0 Å². The molecule has 1 fully saturated rings. The molecule has 1 aliphatic heterocycles. The van der Waals surface area contributed by atoms with Crippen molar-refractivity contribution < 1.29 is 19.4 Å². The van der Waals surface area contributed by atoms with E-state index in [-0.39, 0.29) is 19.8 Å². The van der Waals surface area contributed by atoms with E-state index < -0.39 is 11.4 Å². The minimum Gasteiger partial charge on any atom is -0.492 e. The van der Waals surface area contributed by atoms with E-state index in [1.807, 2.05) is 18.2 Å². The van der Waals surface area contributed by atoms with Crippen LogP contribution in [0.4, 0.5) is 0 Å². The van der Waals surface area contributed by atoms with Crippen LogP contribution in [-0.2, 0) is 9.53 Å². The minimum absolute atomic E-state index is 0.159. The predicted molar refractivity (Wildman–Crippen MR) is 52.8 cm³/mol. The van der Waals surface area contributed by atoms with Crippen molar-refractivity contribution in [1.82, 2.24) is 0 Å². The number of hydrogen-bond acceptors (Lipinski definition) is 3. The molecule has 1 aromatic carbocycles. The van der Waals surface area contributed by atoms with Crippen LogP contribution in [0.25, 0.3) is 0 Å². The molecule has 0 radical (unpaired) electrons. The fourth-order valence-electron chi connectivity index (χ4n) is 1.36. The first kappa shape index (κ1) is 9.98. The number of carboxylic acids is 1. The van der Waals surface area contributed by atoms with Crippen LogP contribution in [0, 0.1) is 5.41 Å². The van der Waals surface area contributed by atoms with E-state index in [2.05, 4.69) is 0 Å². The first-order valence-corrected chi connectivity index (χ1v) is 4.72. The van der Waals surface area contributed by atoms with E-state index in [1.54, 1.807) is 12.1 Å². The van der Waals surface area contributed by atoms with Crippen molar-refractivity contribution in [2.45, 2.75) is 0 Å². The lowest BCUT2D eigenvalue weighted by Gasteiger charge is -2.36. The Kier molecular flexibility index (Phi) is 2.60. The third kappa shape index (κ3) is 1.94. The average Bonchev–Trinajstić information content (AvgIpc) is 2.17. The molecule has 1 saturated heterocycles. The Hall–Kier alpha value is -1.55. The lowest BCUT2D eigenvalue weighted by Crippen LogP contribution is -2.53. The van der Waals surface area contributed by atoms with Gasteiger partial charge in [0.2, 0.25) is 0 Å². The lowest BCUT2D eigenvalue weighted by molar-refractivity contribution is -0.185. The van der Waals surface area contributed by atoms with Gasteiger partial charge < -0.3 is 14.6 Å². The molecule has 0 unspecified atom stereocenters. The number of hydrogen-bond donors (Lipinski definition) is 1. The first-order chi connectivity index (χ1) is 7.23. The minimum atomic E-state index is -0.857. The Balaban J connectivity index is 1.95. The largest absolute Gasteiger partial charge is 0.492 e. The number of carbonyl (C=O) groups is 1. The molecular weight excluding hydrogens is 196 g/mol. The molecule has 4 heteroatoms. The maximum absolute atomic E-state index is 11.0. The van der Waals surface area contributed by atoms with Gasteiger partial charge >= 0.3 is 5.97 Å². The van der Waals surface area contributed by atoms with Crippen molar-refractivity contribution in [3.05, 3.63) is 30.3 Å². The normalized spacial score (nSPS) is 17.9. The molecule has 1 N–H and O–H groups in total. The zero-order chi connectivity index (χ0) is 10.7. The maximum Gasteiger partial charge on any atom is 0.317 e. The Labute approximate surface area is 87.4 Å². The van der Waals surface area contributed by atoms with Gasteiger partial charge in [-0.25, -0.2) is 0 Å². The highest BCUT2D eigenvalue weighted by Gasteiger charge is 2.47. The van der Waals surface area contributed by atoms with Crippen molar-refractivity contribution in [2.75, 3.05) is 19.8 Å². The van der Waals surface area contributed by atoms with Crippen LogP contribution in [0.3, 0.4) is 0 Å². The highest BCUT2D eigenvalue weighted by molar-refractivity contribution is 5.76. The van der Waals surface area contributed by atoms with Crippen LogP contribution in [-0.4, -0.2) is 30.9 Å². The highest BCUT2D eigenvalue weighted by Crippen LogP contribution is 2.28. The summed E-state index contributed by atoms with van der Waals surface area (Å²) in [7, 11) is 0. The van der Waals surface area contributed by atoms with E-state index in [0.29, 0.717) is 5.75 Å². The highest BCUT2D eigenvalue weighted by atomic mass is 16.5. The van der Waals surface area contributed by atoms with Gasteiger partial charge in [-0.05, 0) is 12.1 Å². The summed E-state index contributed by atoms with van der Waals surface area (Å²) >= 11 is 0. The molecule has 0 amide bonds. The maximum atomic E-state index is 11.0.